The number of aryl methyl sites for hydroxylation is 2. The van der Waals surface area contributed by atoms with Crippen LogP contribution in [0.5, 0.6) is 0 Å². The van der Waals surface area contributed by atoms with E-state index in [-0.39, 0.29) is 5.97 Å². The number of carbonyl (C=O) groups excluding carboxylic acids is 1. The van der Waals surface area contributed by atoms with Gasteiger partial charge >= 0.3 is 5.97 Å². The molecule has 0 aromatic heterocycles. The number of rotatable bonds is 5. The van der Waals surface area contributed by atoms with Gasteiger partial charge in [0.05, 0.1) is 25.4 Å². The Kier molecular flexibility index (Phi) is 5.56. The van der Waals surface area contributed by atoms with E-state index in [0.717, 1.165) is 44.8 Å². The van der Waals surface area contributed by atoms with Crippen molar-refractivity contribution in [2.24, 2.45) is 0 Å². The molecule has 0 radical (unpaired) electrons. The van der Waals surface area contributed by atoms with Gasteiger partial charge in [0.15, 0.2) is 0 Å². The van der Waals surface area contributed by atoms with Gasteiger partial charge in [0.1, 0.15) is 0 Å². The summed E-state index contributed by atoms with van der Waals surface area (Å²) in [6, 6.07) is 5.67. The van der Waals surface area contributed by atoms with E-state index in [2.05, 4.69) is 4.90 Å². The quantitative estimate of drug-likeness (QED) is 0.611. The second kappa shape index (κ2) is 7.41. The van der Waals surface area contributed by atoms with Gasteiger partial charge in [0, 0.05) is 19.6 Å². The van der Waals surface area contributed by atoms with E-state index in [1.807, 2.05) is 32.0 Å². The first-order valence-electron chi connectivity index (χ1n) is 7.21. The fourth-order valence-corrected chi connectivity index (χ4v) is 2.23. The fraction of sp³-hybridized carbons (Fsp3) is 0.562. The van der Waals surface area contributed by atoms with Crippen molar-refractivity contribution in [1.29, 1.82) is 0 Å². The zero-order valence-electron chi connectivity index (χ0n) is 12.4. The average Bonchev–Trinajstić information content (AvgIpc) is 2.47. The lowest BCUT2D eigenvalue weighted by Gasteiger charge is -2.26. The van der Waals surface area contributed by atoms with Crippen LogP contribution in [-0.4, -0.2) is 50.3 Å². The Morgan fingerprint density at radius 1 is 1.25 bits per heavy atom. The molecule has 20 heavy (non-hydrogen) atoms. The van der Waals surface area contributed by atoms with E-state index in [9.17, 15) is 4.79 Å². The lowest BCUT2D eigenvalue weighted by molar-refractivity contribution is 0.0298. The van der Waals surface area contributed by atoms with Crippen molar-refractivity contribution in [2.75, 3.05) is 39.5 Å². The molecule has 1 saturated heterocycles. The smallest absolute Gasteiger partial charge is 0.338 e. The van der Waals surface area contributed by atoms with Crippen molar-refractivity contribution >= 4 is 5.97 Å². The second-order valence-electron chi connectivity index (χ2n) is 5.24. The maximum absolute atomic E-state index is 11.9. The van der Waals surface area contributed by atoms with Crippen LogP contribution in [0.1, 0.15) is 27.9 Å². The maximum Gasteiger partial charge on any atom is 0.338 e. The third-order valence-corrected chi connectivity index (χ3v) is 3.70. The molecule has 0 amide bonds. The van der Waals surface area contributed by atoms with Crippen molar-refractivity contribution < 1.29 is 14.3 Å². The molecule has 1 aliphatic heterocycles. The Hall–Kier alpha value is -1.39. The van der Waals surface area contributed by atoms with E-state index in [1.165, 1.54) is 5.56 Å². The summed E-state index contributed by atoms with van der Waals surface area (Å²) in [7, 11) is 0. The minimum atomic E-state index is -0.227. The lowest BCUT2D eigenvalue weighted by atomic mass is 10.1. The lowest BCUT2D eigenvalue weighted by Crippen LogP contribution is -2.37. The summed E-state index contributed by atoms with van der Waals surface area (Å²) in [6.07, 6.45) is 0.872. The normalized spacial score (nSPS) is 16.1. The Bertz CT molecular complexity index is 453. The SMILES string of the molecule is Cc1ccc(C(=O)OCCCN2CCOCC2)cc1C. The Morgan fingerprint density at radius 3 is 2.70 bits per heavy atom. The number of hydrogen-bond acceptors (Lipinski definition) is 4. The number of esters is 1. The molecule has 1 aliphatic rings. The summed E-state index contributed by atoms with van der Waals surface area (Å²) in [5.41, 5.74) is 2.95. The van der Waals surface area contributed by atoms with Crippen LogP contribution in [0.4, 0.5) is 0 Å². The van der Waals surface area contributed by atoms with Crippen molar-refractivity contribution in [3.63, 3.8) is 0 Å². The predicted octanol–water partition coefficient (Wildman–Crippen LogP) is 2.18. The number of ether oxygens (including phenoxy) is 2. The van der Waals surface area contributed by atoms with Gasteiger partial charge in [-0.15, -0.1) is 0 Å². The van der Waals surface area contributed by atoms with E-state index in [4.69, 9.17) is 9.47 Å². The molecular formula is C16H23NO3. The van der Waals surface area contributed by atoms with Gasteiger partial charge in [-0.3, -0.25) is 4.90 Å². The van der Waals surface area contributed by atoms with Crippen molar-refractivity contribution in [2.45, 2.75) is 20.3 Å². The number of carbonyl (C=O) groups is 1. The van der Waals surface area contributed by atoms with E-state index in [1.54, 1.807) is 0 Å². The largest absolute Gasteiger partial charge is 0.462 e. The Labute approximate surface area is 120 Å². The van der Waals surface area contributed by atoms with Crippen molar-refractivity contribution in [3.8, 4) is 0 Å². The first kappa shape index (κ1) is 15.0. The van der Waals surface area contributed by atoms with Gasteiger partial charge in [0.25, 0.3) is 0 Å². The van der Waals surface area contributed by atoms with Gasteiger partial charge in [-0.2, -0.15) is 0 Å². The number of hydrogen-bond donors (Lipinski definition) is 0. The topological polar surface area (TPSA) is 38.8 Å². The molecule has 1 heterocycles. The molecule has 4 heteroatoms. The summed E-state index contributed by atoms with van der Waals surface area (Å²) < 4.78 is 10.6. The first-order chi connectivity index (χ1) is 9.66. The van der Waals surface area contributed by atoms with Crippen LogP contribution in [0.25, 0.3) is 0 Å². The third-order valence-electron chi connectivity index (χ3n) is 3.70. The monoisotopic (exact) mass is 277 g/mol. The van der Waals surface area contributed by atoms with Crippen LogP contribution in [0, 0.1) is 13.8 Å². The summed E-state index contributed by atoms with van der Waals surface area (Å²) >= 11 is 0. The molecule has 0 saturated carbocycles. The first-order valence-corrected chi connectivity index (χ1v) is 7.21. The molecule has 0 aliphatic carbocycles. The highest BCUT2D eigenvalue weighted by molar-refractivity contribution is 5.89. The van der Waals surface area contributed by atoms with E-state index >= 15 is 0 Å². The van der Waals surface area contributed by atoms with Gasteiger partial charge in [-0.05, 0) is 43.5 Å². The highest BCUT2D eigenvalue weighted by Crippen LogP contribution is 2.11. The molecule has 1 fully saturated rings. The Morgan fingerprint density at radius 2 is 2.00 bits per heavy atom. The highest BCUT2D eigenvalue weighted by atomic mass is 16.5. The average molecular weight is 277 g/mol. The minimum Gasteiger partial charge on any atom is -0.462 e. The minimum absolute atomic E-state index is 0.227. The Balaban J connectivity index is 1.70. The molecule has 110 valence electrons. The van der Waals surface area contributed by atoms with Crippen molar-refractivity contribution in [1.82, 2.24) is 4.90 Å². The zero-order chi connectivity index (χ0) is 14.4. The van der Waals surface area contributed by atoms with Crippen molar-refractivity contribution in [3.05, 3.63) is 34.9 Å². The molecule has 0 spiro atoms. The van der Waals surface area contributed by atoms with Crippen LogP contribution >= 0.6 is 0 Å². The summed E-state index contributed by atoms with van der Waals surface area (Å²) in [6.45, 7) is 9.05. The van der Waals surface area contributed by atoms with Crippen LogP contribution < -0.4 is 0 Å². The summed E-state index contributed by atoms with van der Waals surface area (Å²) in [5, 5.41) is 0. The fourth-order valence-electron chi connectivity index (χ4n) is 2.23. The molecule has 0 bridgehead atoms. The van der Waals surface area contributed by atoms with Crippen LogP contribution in [0.3, 0.4) is 0 Å². The summed E-state index contributed by atoms with van der Waals surface area (Å²) in [5.74, 6) is -0.227. The molecule has 1 aromatic carbocycles. The third kappa shape index (κ3) is 4.32. The highest BCUT2D eigenvalue weighted by Gasteiger charge is 2.11. The van der Waals surface area contributed by atoms with Gasteiger partial charge in [-0.1, -0.05) is 6.07 Å². The number of nitrogens with zero attached hydrogens (tertiary/aromatic N) is 1. The van der Waals surface area contributed by atoms with Gasteiger partial charge in [-0.25, -0.2) is 4.79 Å². The van der Waals surface area contributed by atoms with Crippen LogP contribution in [0.2, 0.25) is 0 Å². The van der Waals surface area contributed by atoms with Crippen LogP contribution in [-0.2, 0) is 9.47 Å². The van der Waals surface area contributed by atoms with E-state index < -0.39 is 0 Å². The molecular weight excluding hydrogens is 254 g/mol. The van der Waals surface area contributed by atoms with Gasteiger partial charge in [0.2, 0.25) is 0 Å². The molecule has 0 atom stereocenters. The van der Waals surface area contributed by atoms with Gasteiger partial charge < -0.3 is 9.47 Å². The number of benzene rings is 1. The van der Waals surface area contributed by atoms with E-state index in [0.29, 0.717) is 12.2 Å². The summed E-state index contributed by atoms with van der Waals surface area (Å²) in [4.78, 5) is 14.2. The molecule has 0 N–H and O–H groups in total. The molecule has 0 unspecified atom stereocenters. The zero-order valence-corrected chi connectivity index (χ0v) is 12.4. The molecule has 4 nitrogen and oxygen atoms in total. The predicted molar refractivity (Wildman–Crippen MR) is 78.1 cm³/mol. The maximum atomic E-state index is 11.9. The molecule has 1 aromatic rings. The molecule has 2 rings (SSSR count). The van der Waals surface area contributed by atoms with Crippen LogP contribution in [0.15, 0.2) is 18.2 Å². The standard InChI is InChI=1S/C16H23NO3/c1-13-4-5-15(12-14(13)2)16(18)20-9-3-6-17-7-10-19-11-8-17/h4-5,12H,3,6-11H2,1-2H3. The second-order valence-corrected chi connectivity index (χ2v) is 5.24. The number of morpholine rings is 1.